The van der Waals surface area contributed by atoms with Gasteiger partial charge in [0.1, 0.15) is 0 Å². The van der Waals surface area contributed by atoms with Gasteiger partial charge in [-0.25, -0.2) is 18.0 Å². The predicted molar refractivity (Wildman–Crippen MR) is 108 cm³/mol. The lowest BCUT2D eigenvalue weighted by Crippen LogP contribution is -2.53. The first-order valence-electron chi connectivity index (χ1n) is 9.59. The molecule has 1 aliphatic carbocycles. The molecule has 8 nitrogen and oxygen atoms in total. The molecule has 2 atom stereocenters. The number of nitrogens with zero attached hydrogens (tertiary/aromatic N) is 2. The van der Waals surface area contributed by atoms with Crippen LogP contribution >= 0.6 is 11.6 Å². The Bertz CT molecular complexity index is 794. The third kappa shape index (κ3) is 6.40. The van der Waals surface area contributed by atoms with Gasteiger partial charge in [0, 0.05) is 37.2 Å². The van der Waals surface area contributed by atoms with Gasteiger partial charge in [0.05, 0.1) is 4.90 Å². The van der Waals surface area contributed by atoms with Crippen LogP contribution in [0, 0.1) is 5.92 Å². The molecule has 162 valence electrons. The van der Waals surface area contributed by atoms with Gasteiger partial charge >= 0.3 is 11.9 Å². The largest absolute Gasteiger partial charge is 0.473 e. The van der Waals surface area contributed by atoms with Crippen LogP contribution < -0.4 is 0 Å². The number of piperazine rings is 1. The van der Waals surface area contributed by atoms with E-state index in [-0.39, 0.29) is 0 Å². The Morgan fingerprint density at radius 3 is 1.97 bits per heavy atom. The molecule has 1 saturated carbocycles. The summed E-state index contributed by atoms with van der Waals surface area (Å²) >= 11 is 5.85. The summed E-state index contributed by atoms with van der Waals surface area (Å²) in [4.78, 5) is 21.0. The molecule has 0 spiro atoms. The number of carbonyl (C=O) groups is 2. The van der Waals surface area contributed by atoms with E-state index in [0.717, 1.165) is 19.0 Å². The van der Waals surface area contributed by atoms with Crippen molar-refractivity contribution >= 4 is 33.6 Å². The lowest BCUT2D eigenvalue weighted by atomic mass is 9.84. The monoisotopic (exact) mass is 446 g/mol. The summed E-state index contributed by atoms with van der Waals surface area (Å²) in [6, 6.07) is 7.08. The summed E-state index contributed by atoms with van der Waals surface area (Å²) in [6.07, 6.45) is 5.19. The van der Waals surface area contributed by atoms with E-state index < -0.39 is 22.0 Å². The minimum absolute atomic E-state index is 0.335. The molecule has 1 saturated heterocycles. The second-order valence-corrected chi connectivity index (χ2v) is 9.71. The minimum atomic E-state index is -3.40. The number of hydrogen-bond acceptors (Lipinski definition) is 5. The Morgan fingerprint density at radius 2 is 1.48 bits per heavy atom. The number of hydrogen-bond donors (Lipinski definition) is 2. The Morgan fingerprint density at radius 1 is 0.966 bits per heavy atom. The molecule has 2 N–H and O–H groups in total. The molecule has 2 fully saturated rings. The highest BCUT2D eigenvalue weighted by Gasteiger charge is 2.33. The maximum absolute atomic E-state index is 12.7. The summed E-state index contributed by atoms with van der Waals surface area (Å²) in [5.74, 6) is -2.92. The van der Waals surface area contributed by atoms with Crippen molar-refractivity contribution in [3.63, 3.8) is 0 Å². The van der Waals surface area contributed by atoms with Crippen molar-refractivity contribution in [3.8, 4) is 0 Å². The van der Waals surface area contributed by atoms with Crippen molar-refractivity contribution in [3.05, 3.63) is 29.3 Å². The number of carboxylic acids is 2. The lowest BCUT2D eigenvalue weighted by Gasteiger charge is -2.43. The molecule has 2 unspecified atom stereocenters. The molecule has 0 amide bonds. The van der Waals surface area contributed by atoms with Gasteiger partial charge in [0.2, 0.25) is 10.0 Å². The third-order valence-corrected chi connectivity index (χ3v) is 7.61. The van der Waals surface area contributed by atoms with Gasteiger partial charge < -0.3 is 10.2 Å². The molecular formula is C19H27ClN2O6S. The van der Waals surface area contributed by atoms with E-state index >= 15 is 0 Å². The van der Waals surface area contributed by atoms with Gasteiger partial charge in [-0.3, -0.25) is 4.90 Å². The third-order valence-electron chi connectivity index (χ3n) is 5.44. The Hall–Kier alpha value is -1.68. The van der Waals surface area contributed by atoms with Crippen LogP contribution in [0.3, 0.4) is 0 Å². The molecular weight excluding hydrogens is 420 g/mol. The van der Waals surface area contributed by atoms with Crippen LogP contribution in [0.15, 0.2) is 29.2 Å². The average molecular weight is 447 g/mol. The highest BCUT2D eigenvalue weighted by molar-refractivity contribution is 7.89. The molecule has 1 aliphatic heterocycles. The van der Waals surface area contributed by atoms with E-state index in [1.165, 1.54) is 25.7 Å². The molecule has 2 aliphatic rings. The zero-order valence-electron chi connectivity index (χ0n) is 16.3. The number of aliphatic carboxylic acids is 2. The van der Waals surface area contributed by atoms with E-state index in [4.69, 9.17) is 31.4 Å². The summed E-state index contributed by atoms with van der Waals surface area (Å²) in [5, 5.41) is 15.3. The summed E-state index contributed by atoms with van der Waals surface area (Å²) in [6.45, 7) is 5.16. The molecule has 29 heavy (non-hydrogen) atoms. The summed E-state index contributed by atoms with van der Waals surface area (Å²) < 4.78 is 27.0. The van der Waals surface area contributed by atoms with E-state index in [1.807, 2.05) is 0 Å². The number of carboxylic acid groups (broad SMARTS) is 2. The molecule has 3 rings (SSSR count). The SMILES string of the molecule is CC1CCCCC1N1CCN(S(=O)(=O)c2ccc(Cl)cc2)CC1.O=C(O)C(=O)O. The van der Waals surface area contributed by atoms with E-state index in [1.54, 1.807) is 28.6 Å². The maximum Gasteiger partial charge on any atom is 0.414 e. The van der Waals surface area contributed by atoms with Crippen LogP contribution in [-0.2, 0) is 19.6 Å². The summed E-state index contributed by atoms with van der Waals surface area (Å²) in [7, 11) is -3.40. The Labute approximate surface area is 176 Å². The molecule has 1 heterocycles. The highest BCUT2D eigenvalue weighted by Crippen LogP contribution is 2.29. The highest BCUT2D eigenvalue weighted by atomic mass is 35.5. The van der Waals surface area contributed by atoms with Gasteiger partial charge in [-0.05, 0) is 43.0 Å². The van der Waals surface area contributed by atoms with Crippen molar-refractivity contribution in [1.82, 2.24) is 9.21 Å². The Kier molecular flexibility index (Phi) is 8.45. The first kappa shape index (κ1) is 23.6. The maximum atomic E-state index is 12.7. The normalized spacial score (nSPS) is 23.7. The fourth-order valence-corrected chi connectivity index (χ4v) is 5.42. The van der Waals surface area contributed by atoms with Gasteiger partial charge in [-0.1, -0.05) is 31.4 Å². The van der Waals surface area contributed by atoms with Crippen LogP contribution in [0.2, 0.25) is 5.02 Å². The predicted octanol–water partition coefficient (Wildman–Crippen LogP) is 2.38. The van der Waals surface area contributed by atoms with Crippen LogP contribution in [-0.4, -0.2) is 72.0 Å². The molecule has 10 heteroatoms. The fraction of sp³-hybridized carbons (Fsp3) is 0.579. The Balaban J connectivity index is 0.000000438. The van der Waals surface area contributed by atoms with E-state index in [2.05, 4.69) is 11.8 Å². The fourth-order valence-electron chi connectivity index (χ4n) is 3.87. The van der Waals surface area contributed by atoms with E-state index in [0.29, 0.717) is 29.0 Å². The zero-order chi connectivity index (χ0) is 21.6. The van der Waals surface area contributed by atoms with Crippen molar-refractivity contribution < 1.29 is 28.2 Å². The van der Waals surface area contributed by atoms with Gasteiger partial charge in [0.15, 0.2) is 0 Å². The van der Waals surface area contributed by atoms with Crippen LogP contribution in [0.1, 0.15) is 32.6 Å². The standard InChI is InChI=1S/C17H25ClN2O2S.C2H2O4/c1-14-4-2-3-5-17(14)19-10-12-20(13-11-19)23(21,22)16-8-6-15(18)7-9-16;3-1(4)2(5)6/h6-9,14,17H,2-5,10-13H2,1H3;(H,3,4)(H,5,6). The van der Waals surface area contributed by atoms with Crippen molar-refractivity contribution in [2.75, 3.05) is 26.2 Å². The number of rotatable bonds is 3. The smallest absolute Gasteiger partial charge is 0.414 e. The topological polar surface area (TPSA) is 115 Å². The van der Waals surface area contributed by atoms with Crippen LogP contribution in [0.5, 0.6) is 0 Å². The van der Waals surface area contributed by atoms with Crippen LogP contribution in [0.25, 0.3) is 0 Å². The molecule has 0 aromatic heterocycles. The number of sulfonamides is 1. The van der Waals surface area contributed by atoms with Crippen LogP contribution in [0.4, 0.5) is 0 Å². The van der Waals surface area contributed by atoms with Gasteiger partial charge in [-0.15, -0.1) is 0 Å². The quantitative estimate of drug-likeness (QED) is 0.685. The second kappa shape index (κ2) is 10.4. The minimum Gasteiger partial charge on any atom is -0.473 e. The first-order chi connectivity index (χ1) is 13.6. The molecule has 0 bridgehead atoms. The summed E-state index contributed by atoms with van der Waals surface area (Å²) in [5.41, 5.74) is 0. The molecule has 0 radical (unpaired) electrons. The second-order valence-electron chi connectivity index (χ2n) is 7.33. The molecule has 1 aromatic rings. The number of halogens is 1. The van der Waals surface area contributed by atoms with E-state index in [9.17, 15) is 8.42 Å². The van der Waals surface area contributed by atoms with Gasteiger partial charge in [-0.2, -0.15) is 4.31 Å². The van der Waals surface area contributed by atoms with Crippen molar-refractivity contribution in [2.45, 2.75) is 43.5 Å². The molecule has 1 aromatic carbocycles. The zero-order valence-corrected chi connectivity index (χ0v) is 17.9. The van der Waals surface area contributed by atoms with Crippen molar-refractivity contribution in [2.24, 2.45) is 5.92 Å². The first-order valence-corrected chi connectivity index (χ1v) is 11.4. The van der Waals surface area contributed by atoms with Crippen molar-refractivity contribution in [1.29, 1.82) is 0 Å². The van der Waals surface area contributed by atoms with Gasteiger partial charge in [0.25, 0.3) is 0 Å². The average Bonchev–Trinajstić information content (AvgIpc) is 2.69. The lowest BCUT2D eigenvalue weighted by molar-refractivity contribution is -0.159. The number of benzene rings is 1.